The Morgan fingerprint density at radius 1 is 1.27 bits per heavy atom. The Hall–Kier alpha value is -1.60. The predicted molar refractivity (Wildman–Crippen MR) is 82.1 cm³/mol. The maximum atomic E-state index is 14.8. The van der Waals surface area contributed by atoms with Crippen molar-refractivity contribution in [2.45, 2.75) is 38.8 Å². The summed E-state index contributed by atoms with van der Waals surface area (Å²) in [6, 6.07) is 2.88. The number of nitrogens with one attached hydrogen (secondary N) is 1. The van der Waals surface area contributed by atoms with Crippen molar-refractivity contribution in [1.29, 1.82) is 0 Å². The summed E-state index contributed by atoms with van der Waals surface area (Å²) >= 11 is 0. The maximum Gasteiger partial charge on any atom is 0.423 e. The lowest BCUT2D eigenvalue weighted by Crippen LogP contribution is -2.52. The lowest BCUT2D eigenvalue weighted by atomic mass is 9.71. The maximum absolute atomic E-state index is 14.8. The molecule has 22 heavy (non-hydrogen) atoms. The van der Waals surface area contributed by atoms with Crippen molar-refractivity contribution in [3.63, 3.8) is 0 Å². The number of hydrogen-bond donors (Lipinski definition) is 1. The van der Waals surface area contributed by atoms with E-state index in [1.807, 2.05) is 27.7 Å². The van der Waals surface area contributed by atoms with E-state index in [0.29, 0.717) is 5.75 Å². The molecule has 2 rings (SSSR count). The van der Waals surface area contributed by atoms with Crippen LogP contribution in [0.2, 0.25) is 0 Å². The summed E-state index contributed by atoms with van der Waals surface area (Å²) < 4.78 is 30.6. The van der Waals surface area contributed by atoms with Gasteiger partial charge in [-0.3, -0.25) is 0 Å². The zero-order valence-corrected chi connectivity index (χ0v) is 13.7. The Labute approximate surface area is 130 Å². The summed E-state index contributed by atoms with van der Waals surface area (Å²) in [6.45, 7) is 7.80. The molecule has 0 amide bonds. The van der Waals surface area contributed by atoms with E-state index in [-0.39, 0.29) is 16.6 Å². The summed E-state index contributed by atoms with van der Waals surface area (Å²) in [4.78, 5) is 11.7. The van der Waals surface area contributed by atoms with Gasteiger partial charge in [0.2, 0.25) is 0 Å². The van der Waals surface area contributed by atoms with Crippen LogP contribution in [-0.4, -0.2) is 38.4 Å². The van der Waals surface area contributed by atoms with Gasteiger partial charge >= 0.3 is 13.0 Å². The first-order valence-electron chi connectivity index (χ1n) is 7.05. The van der Waals surface area contributed by atoms with Gasteiger partial charge in [-0.2, -0.15) is 0 Å². The molecule has 5 nitrogen and oxygen atoms in total. The summed E-state index contributed by atoms with van der Waals surface area (Å²) in [5.74, 6) is -1.12. The molecule has 1 aromatic carbocycles. The van der Waals surface area contributed by atoms with Crippen LogP contribution >= 0.6 is 0 Å². The Kier molecular flexibility index (Phi) is 4.23. The Morgan fingerprint density at radius 2 is 1.91 bits per heavy atom. The summed E-state index contributed by atoms with van der Waals surface area (Å²) in [5, 5.41) is 3.24. The van der Waals surface area contributed by atoms with E-state index in [1.165, 1.54) is 26.4 Å². The minimum absolute atomic E-state index is 0.147. The number of rotatable bonds is 3. The van der Waals surface area contributed by atoms with Crippen molar-refractivity contribution in [1.82, 2.24) is 5.23 Å². The number of benzene rings is 1. The van der Waals surface area contributed by atoms with Crippen molar-refractivity contribution >= 4 is 18.5 Å². The van der Waals surface area contributed by atoms with Gasteiger partial charge in [0.05, 0.1) is 25.4 Å². The smallest absolute Gasteiger partial charge is 0.423 e. The lowest BCUT2D eigenvalue weighted by molar-refractivity contribution is 0.0595. The number of esters is 1. The summed E-state index contributed by atoms with van der Waals surface area (Å²) in [6.07, 6.45) is 0. The van der Waals surface area contributed by atoms with Gasteiger partial charge in [-0.05, 0) is 39.8 Å². The van der Waals surface area contributed by atoms with Gasteiger partial charge in [-0.15, -0.1) is 0 Å². The van der Waals surface area contributed by atoms with E-state index < -0.39 is 24.4 Å². The highest BCUT2D eigenvalue weighted by molar-refractivity contribution is 6.67. The van der Waals surface area contributed by atoms with Gasteiger partial charge in [0.15, 0.2) is 0 Å². The van der Waals surface area contributed by atoms with E-state index in [0.717, 1.165) is 0 Å². The van der Waals surface area contributed by atoms with Gasteiger partial charge in [0.1, 0.15) is 11.6 Å². The Morgan fingerprint density at radius 3 is 2.36 bits per heavy atom. The molecule has 1 heterocycles. The highest BCUT2D eigenvalue weighted by atomic mass is 19.1. The van der Waals surface area contributed by atoms with Gasteiger partial charge in [-0.1, -0.05) is 0 Å². The summed E-state index contributed by atoms with van der Waals surface area (Å²) in [5.41, 5.74) is -0.873. The molecular weight excluding hydrogens is 288 g/mol. The average Bonchev–Trinajstić information content (AvgIpc) is 2.65. The first kappa shape index (κ1) is 16.8. The highest BCUT2D eigenvalue weighted by Crippen LogP contribution is 2.32. The first-order valence-corrected chi connectivity index (χ1v) is 7.05. The van der Waals surface area contributed by atoms with E-state index in [9.17, 15) is 9.18 Å². The predicted octanol–water partition coefficient (Wildman–Crippen LogP) is 1.49. The lowest BCUT2D eigenvalue weighted by Gasteiger charge is -2.33. The Balaban J connectivity index is 2.53. The van der Waals surface area contributed by atoms with Crippen LogP contribution in [0.4, 0.5) is 4.39 Å². The van der Waals surface area contributed by atoms with Crippen molar-refractivity contribution in [2.75, 3.05) is 14.2 Å². The molecule has 0 bridgehead atoms. The van der Waals surface area contributed by atoms with Crippen molar-refractivity contribution in [3.8, 4) is 5.75 Å². The van der Waals surface area contributed by atoms with E-state index in [1.54, 1.807) is 0 Å². The van der Waals surface area contributed by atoms with E-state index >= 15 is 0 Å². The molecule has 0 saturated carbocycles. The second-order valence-corrected chi connectivity index (χ2v) is 6.31. The van der Waals surface area contributed by atoms with Crippen LogP contribution in [0.15, 0.2) is 12.1 Å². The van der Waals surface area contributed by atoms with E-state index in [2.05, 4.69) is 9.96 Å². The molecule has 1 aromatic rings. The van der Waals surface area contributed by atoms with Crippen LogP contribution in [0.5, 0.6) is 5.75 Å². The molecule has 1 fully saturated rings. The normalized spacial score (nSPS) is 19.1. The number of ether oxygens (including phenoxy) is 2. The van der Waals surface area contributed by atoms with Crippen LogP contribution in [0.1, 0.15) is 38.1 Å². The second kappa shape index (κ2) is 5.55. The second-order valence-electron chi connectivity index (χ2n) is 6.31. The van der Waals surface area contributed by atoms with Gasteiger partial charge in [0.25, 0.3) is 0 Å². The molecule has 120 valence electrons. The topological polar surface area (TPSA) is 56.8 Å². The monoisotopic (exact) mass is 309 g/mol. The van der Waals surface area contributed by atoms with Crippen LogP contribution in [0.3, 0.4) is 0 Å². The van der Waals surface area contributed by atoms with Gasteiger partial charge in [0, 0.05) is 11.0 Å². The number of carbonyl (C=O) groups excluding carboxylic acids is 1. The van der Waals surface area contributed by atoms with Crippen LogP contribution in [-0.2, 0) is 9.39 Å². The van der Waals surface area contributed by atoms with Crippen molar-refractivity contribution in [3.05, 3.63) is 23.5 Å². The minimum atomic E-state index is -0.738. The van der Waals surface area contributed by atoms with Crippen LogP contribution in [0.25, 0.3) is 0 Å². The molecule has 0 radical (unpaired) electrons. The molecule has 7 heteroatoms. The number of halogens is 1. The van der Waals surface area contributed by atoms with Gasteiger partial charge in [-0.25, -0.2) is 9.18 Å². The number of carbonyl (C=O) groups is 1. The standard InChI is InChI=1S/C15H21BFNO4/c1-14(2)15(3,4)22-16(18-14)11-10(20-5)8-7-9(12(11)17)13(19)21-6/h7-8,18H,1-6H3. The molecule has 1 aliphatic heterocycles. The molecule has 0 aliphatic carbocycles. The molecule has 1 N–H and O–H groups in total. The minimum Gasteiger partial charge on any atom is -0.497 e. The average molecular weight is 309 g/mol. The SMILES string of the molecule is COC(=O)c1ccc(OC)c(B2NC(C)(C)C(C)(C)O2)c1F. The third-order valence-electron chi connectivity index (χ3n) is 4.44. The fraction of sp³-hybridized carbons (Fsp3) is 0.533. The van der Waals surface area contributed by atoms with Crippen LogP contribution < -0.4 is 15.4 Å². The van der Waals surface area contributed by atoms with Crippen molar-refractivity contribution in [2.24, 2.45) is 0 Å². The fourth-order valence-electron chi connectivity index (χ4n) is 2.37. The van der Waals surface area contributed by atoms with Gasteiger partial charge < -0.3 is 19.4 Å². The molecule has 0 unspecified atom stereocenters. The number of methoxy groups -OCH3 is 2. The largest absolute Gasteiger partial charge is 0.497 e. The highest BCUT2D eigenvalue weighted by Gasteiger charge is 2.51. The molecule has 0 aromatic heterocycles. The first-order chi connectivity index (χ1) is 10.1. The van der Waals surface area contributed by atoms with Crippen molar-refractivity contribution < 1.29 is 23.3 Å². The molecule has 0 atom stereocenters. The molecule has 1 aliphatic rings. The van der Waals surface area contributed by atoms with Crippen LogP contribution in [0, 0.1) is 5.82 Å². The zero-order valence-electron chi connectivity index (χ0n) is 13.7. The molecule has 0 spiro atoms. The van der Waals surface area contributed by atoms with E-state index in [4.69, 9.17) is 9.39 Å². The zero-order chi connectivity index (χ0) is 16.7. The third kappa shape index (κ3) is 2.59. The Bertz CT molecular complexity index is 587. The molecule has 1 saturated heterocycles. The molecular formula is C15H21BFNO4. The third-order valence-corrected chi connectivity index (χ3v) is 4.44. The summed E-state index contributed by atoms with van der Waals surface area (Å²) in [7, 11) is 1.94. The number of hydrogen-bond acceptors (Lipinski definition) is 5. The quantitative estimate of drug-likeness (QED) is 0.677. The fourth-order valence-corrected chi connectivity index (χ4v) is 2.37.